The number of nitrogens with one attached hydrogen (secondary N) is 1. The summed E-state index contributed by atoms with van der Waals surface area (Å²) in [5.41, 5.74) is 4.60. The molecule has 3 aromatic carbocycles. The minimum Gasteiger partial charge on any atom is -0.497 e. The van der Waals surface area contributed by atoms with Crippen molar-refractivity contribution in [3.8, 4) is 11.5 Å². The molecule has 42 heavy (non-hydrogen) atoms. The molecule has 0 unspecified atom stereocenters. The molecule has 1 saturated heterocycles. The number of carbonyl (C=O) groups is 4. The highest BCUT2D eigenvalue weighted by Crippen LogP contribution is 2.61. The number of esters is 1. The van der Waals surface area contributed by atoms with Gasteiger partial charge in [-0.05, 0) is 40.3 Å². The zero-order valence-corrected chi connectivity index (χ0v) is 23.8. The molecule has 0 radical (unpaired) electrons. The molecule has 9 nitrogen and oxygen atoms in total. The van der Waals surface area contributed by atoms with Crippen molar-refractivity contribution in [3.63, 3.8) is 0 Å². The van der Waals surface area contributed by atoms with Crippen LogP contribution in [-0.2, 0) is 23.9 Å². The van der Waals surface area contributed by atoms with E-state index in [0.29, 0.717) is 17.2 Å². The zero-order chi connectivity index (χ0) is 29.7. The molecule has 7 rings (SSSR count). The Bertz CT molecular complexity index is 1480. The van der Waals surface area contributed by atoms with Crippen LogP contribution in [-0.4, -0.2) is 55.5 Å². The Kier molecular flexibility index (Phi) is 6.96. The third kappa shape index (κ3) is 4.22. The SMILES string of the molecule is COc1ccc(NC(=O)COC(=O)[C@H](C(C)C)N2C(=O)[C@@H]3C4c5ccccc5C(c5ccccc54)[C@H]3C2=O)c(OC)c1. The number of hydrogen-bond acceptors (Lipinski definition) is 7. The lowest BCUT2D eigenvalue weighted by atomic mass is 9.55. The van der Waals surface area contributed by atoms with Gasteiger partial charge in [0, 0.05) is 17.9 Å². The molecule has 1 N–H and O–H groups in total. The van der Waals surface area contributed by atoms with E-state index in [1.807, 2.05) is 48.5 Å². The molecule has 3 amide bonds. The topological polar surface area (TPSA) is 111 Å². The lowest BCUT2D eigenvalue weighted by Crippen LogP contribution is -2.49. The van der Waals surface area contributed by atoms with Crippen LogP contribution in [0.3, 0.4) is 0 Å². The van der Waals surface area contributed by atoms with Gasteiger partial charge >= 0.3 is 5.97 Å². The molecule has 1 heterocycles. The fourth-order valence-electron chi connectivity index (χ4n) is 6.96. The first-order valence-electron chi connectivity index (χ1n) is 14.0. The van der Waals surface area contributed by atoms with Crippen molar-refractivity contribution in [3.05, 3.63) is 89.0 Å². The summed E-state index contributed by atoms with van der Waals surface area (Å²) in [5.74, 6) is -3.39. The number of ether oxygens (including phenoxy) is 3. The molecule has 4 aliphatic rings. The number of methoxy groups -OCH3 is 2. The zero-order valence-electron chi connectivity index (χ0n) is 23.8. The summed E-state index contributed by atoms with van der Waals surface area (Å²) in [6, 6.07) is 19.7. The molecule has 2 bridgehead atoms. The van der Waals surface area contributed by atoms with Gasteiger partial charge in [-0.2, -0.15) is 0 Å². The molecular formula is C33H32N2O7. The molecule has 3 atom stereocenters. The second-order valence-electron chi connectivity index (χ2n) is 11.2. The van der Waals surface area contributed by atoms with Crippen molar-refractivity contribution in [2.45, 2.75) is 31.7 Å². The molecule has 216 valence electrons. The van der Waals surface area contributed by atoms with Crippen molar-refractivity contribution < 1.29 is 33.4 Å². The van der Waals surface area contributed by atoms with Crippen LogP contribution in [0.2, 0.25) is 0 Å². The van der Waals surface area contributed by atoms with Gasteiger partial charge in [0.05, 0.1) is 31.7 Å². The first-order chi connectivity index (χ1) is 20.3. The normalized spacial score (nSPS) is 22.3. The maximum atomic E-state index is 14.1. The number of amides is 3. The van der Waals surface area contributed by atoms with Crippen LogP contribution >= 0.6 is 0 Å². The van der Waals surface area contributed by atoms with E-state index in [0.717, 1.165) is 27.2 Å². The molecule has 0 aromatic heterocycles. The summed E-state index contributed by atoms with van der Waals surface area (Å²) in [6.45, 7) is 2.92. The fourth-order valence-corrected chi connectivity index (χ4v) is 6.96. The minimum absolute atomic E-state index is 0.275. The maximum absolute atomic E-state index is 14.1. The fraction of sp³-hybridized carbons (Fsp3) is 0.333. The lowest BCUT2D eigenvalue weighted by molar-refractivity contribution is -0.162. The number of anilines is 1. The average Bonchev–Trinajstić information content (AvgIpc) is 3.26. The number of imide groups is 1. The van der Waals surface area contributed by atoms with E-state index in [4.69, 9.17) is 14.2 Å². The molecule has 1 aliphatic heterocycles. The molecule has 0 spiro atoms. The number of rotatable bonds is 8. The number of hydrogen-bond donors (Lipinski definition) is 1. The van der Waals surface area contributed by atoms with Gasteiger partial charge in [-0.3, -0.25) is 19.3 Å². The highest BCUT2D eigenvalue weighted by Gasteiger charge is 2.63. The molecule has 0 saturated carbocycles. The summed E-state index contributed by atoms with van der Waals surface area (Å²) in [6.07, 6.45) is 0. The van der Waals surface area contributed by atoms with E-state index in [1.54, 1.807) is 32.0 Å². The smallest absolute Gasteiger partial charge is 0.330 e. The number of carbonyl (C=O) groups excluding carboxylic acids is 4. The van der Waals surface area contributed by atoms with Gasteiger partial charge in [0.15, 0.2) is 6.61 Å². The third-order valence-electron chi connectivity index (χ3n) is 8.66. The third-order valence-corrected chi connectivity index (χ3v) is 8.66. The van der Waals surface area contributed by atoms with Crippen LogP contribution in [0, 0.1) is 17.8 Å². The first kappa shape index (κ1) is 27.5. The molecule has 3 aliphatic carbocycles. The molecule has 3 aromatic rings. The summed E-state index contributed by atoms with van der Waals surface area (Å²) < 4.78 is 15.9. The van der Waals surface area contributed by atoms with E-state index >= 15 is 0 Å². The second kappa shape index (κ2) is 10.6. The Hall–Kier alpha value is -4.66. The lowest BCUT2D eigenvalue weighted by Gasteiger charge is -2.45. The van der Waals surface area contributed by atoms with E-state index in [-0.39, 0.29) is 23.7 Å². The van der Waals surface area contributed by atoms with Crippen molar-refractivity contribution in [1.82, 2.24) is 4.90 Å². The van der Waals surface area contributed by atoms with E-state index in [2.05, 4.69) is 5.32 Å². The quantitative estimate of drug-likeness (QED) is 0.322. The Morgan fingerprint density at radius 1 is 0.810 bits per heavy atom. The Balaban J connectivity index is 1.23. The number of benzene rings is 3. The monoisotopic (exact) mass is 568 g/mol. The number of likely N-dealkylation sites (tertiary alicyclic amines) is 1. The van der Waals surface area contributed by atoms with Crippen LogP contribution in [0.15, 0.2) is 66.7 Å². The highest BCUT2D eigenvalue weighted by molar-refractivity contribution is 6.10. The van der Waals surface area contributed by atoms with Gasteiger partial charge in [0.1, 0.15) is 17.5 Å². The Labute approximate surface area is 243 Å². The summed E-state index contributed by atoms with van der Waals surface area (Å²) in [4.78, 5) is 55.5. The van der Waals surface area contributed by atoms with E-state index in [1.165, 1.54) is 14.2 Å². The largest absolute Gasteiger partial charge is 0.497 e. The van der Waals surface area contributed by atoms with Crippen molar-refractivity contribution in [1.29, 1.82) is 0 Å². The van der Waals surface area contributed by atoms with Crippen molar-refractivity contribution in [2.24, 2.45) is 17.8 Å². The van der Waals surface area contributed by atoms with Crippen LogP contribution in [0.1, 0.15) is 47.9 Å². The van der Waals surface area contributed by atoms with Gasteiger partial charge in [0.2, 0.25) is 11.8 Å². The van der Waals surface area contributed by atoms with E-state index in [9.17, 15) is 19.2 Å². The van der Waals surface area contributed by atoms with Crippen molar-refractivity contribution in [2.75, 3.05) is 26.1 Å². The van der Waals surface area contributed by atoms with Crippen LogP contribution < -0.4 is 14.8 Å². The van der Waals surface area contributed by atoms with Gasteiger partial charge in [-0.1, -0.05) is 62.4 Å². The summed E-state index contributed by atoms with van der Waals surface area (Å²) in [5, 5.41) is 2.66. The minimum atomic E-state index is -1.16. The van der Waals surface area contributed by atoms with Crippen LogP contribution in [0.4, 0.5) is 5.69 Å². The molecular weight excluding hydrogens is 536 g/mol. The van der Waals surface area contributed by atoms with Crippen molar-refractivity contribution >= 4 is 29.4 Å². The summed E-state index contributed by atoms with van der Waals surface area (Å²) in [7, 11) is 2.98. The van der Waals surface area contributed by atoms with Gasteiger partial charge in [0.25, 0.3) is 5.91 Å². The highest BCUT2D eigenvalue weighted by atomic mass is 16.5. The Morgan fingerprint density at radius 3 is 1.79 bits per heavy atom. The van der Waals surface area contributed by atoms with Gasteiger partial charge < -0.3 is 19.5 Å². The standard InChI is InChI=1S/C33H32N2O7/c1-17(2)30(33(39)42-16-25(36)34-23-14-13-18(40-3)15-24(23)41-4)35-31(37)28-26-19-9-5-6-10-20(19)27(29(28)32(35)38)22-12-8-7-11-21(22)26/h5-15,17,26-30H,16H2,1-4H3,(H,34,36)/t26?,27?,28-,29-,30+/m1/s1. The predicted octanol–water partition coefficient (Wildman–Crippen LogP) is 4.10. The van der Waals surface area contributed by atoms with Gasteiger partial charge in [-0.25, -0.2) is 4.79 Å². The summed E-state index contributed by atoms with van der Waals surface area (Å²) >= 11 is 0. The van der Waals surface area contributed by atoms with Crippen LogP contribution in [0.25, 0.3) is 0 Å². The number of nitrogens with zero attached hydrogens (tertiary/aromatic N) is 1. The average molecular weight is 569 g/mol. The molecule has 9 heteroatoms. The van der Waals surface area contributed by atoms with E-state index < -0.39 is 42.3 Å². The van der Waals surface area contributed by atoms with Crippen LogP contribution in [0.5, 0.6) is 11.5 Å². The Morgan fingerprint density at radius 2 is 1.33 bits per heavy atom. The predicted molar refractivity (Wildman–Crippen MR) is 153 cm³/mol. The second-order valence-corrected chi connectivity index (χ2v) is 11.2. The maximum Gasteiger partial charge on any atom is 0.330 e. The first-order valence-corrected chi connectivity index (χ1v) is 14.0. The van der Waals surface area contributed by atoms with Gasteiger partial charge in [-0.15, -0.1) is 0 Å². The molecule has 1 fully saturated rings.